The van der Waals surface area contributed by atoms with E-state index in [0.29, 0.717) is 6.42 Å². The highest BCUT2D eigenvalue weighted by Gasteiger charge is 2.08. The Kier molecular flexibility index (Phi) is 4.61. The van der Waals surface area contributed by atoms with Crippen molar-refractivity contribution in [2.24, 2.45) is 5.73 Å². The fraction of sp³-hybridized carbons (Fsp3) is 0.250. The molecular weight excluding hydrogens is 257 g/mol. The average molecular weight is 275 g/mol. The van der Waals surface area contributed by atoms with Crippen molar-refractivity contribution in [1.82, 2.24) is 0 Å². The first-order valence-electron chi connectivity index (χ1n) is 6.33. The van der Waals surface area contributed by atoms with Crippen LogP contribution in [0.1, 0.15) is 18.1 Å². The van der Waals surface area contributed by atoms with E-state index in [9.17, 15) is 4.39 Å². The van der Waals surface area contributed by atoms with Crippen molar-refractivity contribution in [2.45, 2.75) is 36.1 Å². The fourth-order valence-corrected chi connectivity index (χ4v) is 3.01. The molecule has 0 radical (unpaired) electrons. The van der Waals surface area contributed by atoms with Crippen molar-refractivity contribution < 1.29 is 4.39 Å². The summed E-state index contributed by atoms with van der Waals surface area (Å²) in [5.74, 6) is -0.204. The lowest BCUT2D eigenvalue weighted by Crippen LogP contribution is -2.18. The summed E-state index contributed by atoms with van der Waals surface area (Å²) in [7, 11) is 0. The zero-order valence-corrected chi connectivity index (χ0v) is 12.0. The highest BCUT2D eigenvalue weighted by molar-refractivity contribution is 7.99. The second kappa shape index (κ2) is 6.22. The number of hydrogen-bond acceptors (Lipinski definition) is 2. The third-order valence-corrected chi connectivity index (χ3v) is 3.89. The molecule has 0 amide bonds. The van der Waals surface area contributed by atoms with Crippen molar-refractivity contribution in [1.29, 1.82) is 0 Å². The van der Waals surface area contributed by atoms with Crippen LogP contribution in [0.2, 0.25) is 0 Å². The lowest BCUT2D eigenvalue weighted by molar-refractivity contribution is 0.620. The minimum atomic E-state index is -0.204. The number of hydrogen-bond donors (Lipinski definition) is 1. The van der Waals surface area contributed by atoms with Gasteiger partial charge in [0.15, 0.2) is 0 Å². The summed E-state index contributed by atoms with van der Waals surface area (Å²) in [6.07, 6.45) is 0.686. The summed E-state index contributed by atoms with van der Waals surface area (Å²) >= 11 is 1.66. The smallest absolute Gasteiger partial charge is 0.123 e. The normalized spacial score (nSPS) is 12.4. The predicted molar refractivity (Wildman–Crippen MR) is 79.1 cm³/mol. The van der Waals surface area contributed by atoms with Gasteiger partial charge in [-0.2, -0.15) is 0 Å². The molecule has 0 heterocycles. The minimum absolute atomic E-state index is 0.0265. The van der Waals surface area contributed by atoms with Crippen molar-refractivity contribution >= 4 is 11.8 Å². The Hall–Kier alpha value is -1.32. The van der Waals surface area contributed by atoms with Crippen molar-refractivity contribution in [3.8, 4) is 0 Å². The molecule has 2 N–H and O–H groups in total. The van der Waals surface area contributed by atoms with Crippen LogP contribution in [0, 0.1) is 12.7 Å². The second-order valence-electron chi connectivity index (χ2n) is 4.85. The van der Waals surface area contributed by atoms with Gasteiger partial charge in [-0.3, -0.25) is 0 Å². The van der Waals surface area contributed by atoms with E-state index in [0.717, 1.165) is 15.4 Å². The van der Waals surface area contributed by atoms with E-state index in [1.54, 1.807) is 17.8 Å². The Balaban J connectivity index is 2.28. The summed E-state index contributed by atoms with van der Waals surface area (Å²) in [6, 6.07) is 13.2. The summed E-state index contributed by atoms with van der Waals surface area (Å²) in [5.41, 5.74) is 8.03. The molecule has 0 saturated carbocycles. The van der Waals surface area contributed by atoms with E-state index in [1.807, 2.05) is 19.1 Å². The molecule has 2 aromatic carbocycles. The topological polar surface area (TPSA) is 26.0 Å². The van der Waals surface area contributed by atoms with Crippen LogP contribution >= 0.6 is 11.8 Å². The van der Waals surface area contributed by atoms with Gasteiger partial charge in [-0.15, -0.1) is 0 Å². The Morgan fingerprint density at radius 3 is 2.68 bits per heavy atom. The number of aryl methyl sites for hydroxylation is 1. The van der Waals surface area contributed by atoms with Gasteiger partial charge in [-0.05, 0) is 56.2 Å². The second-order valence-corrected chi connectivity index (χ2v) is 5.97. The zero-order chi connectivity index (χ0) is 13.8. The van der Waals surface area contributed by atoms with E-state index < -0.39 is 0 Å². The highest BCUT2D eigenvalue weighted by atomic mass is 32.2. The van der Waals surface area contributed by atoms with Crippen molar-refractivity contribution in [3.63, 3.8) is 0 Å². The van der Waals surface area contributed by atoms with Gasteiger partial charge in [0.25, 0.3) is 0 Å². The SMILES string of the molecule is Cc1cccc(Sc2ccc(F)cc2CC(C)N)c1. The molecule has 2 aromatic rings. The first-order valence-corrected chi connectivity index (χ1v) is 7.15. The standard InChI is InChI=1S/C16H18FNS/c1-11-4-3-5-15(8-11)19-16-7-6-14(17)10-13(16)9-12(2)18/h3-8,10,12H,9,18H2,1-2H3. The maximum absolute atomic E-state index is 13.4. The Bertz CT molecular complexity index is 566. The van der Waals surface area contributed by atoms with Crippen LogP contribution in [0.25, 0.3) is 0 Å². The van der Waals surface area contributed by atoms with Crippen LogP contribution in [-0.4, -0.2) is 6.04 Å². The number of rotatable bonds is 4. The molecule has 0 bridgehead atoms. The molecule has 0 saturated heterocycles. The lowest BCUT2D eigenvalue weighted by atomic mass is 10.1. The first-order chi connectivity index (χ1) is 9.04. The van der Waals surface area contributed by atoms with E-state index in [1.165, 1.54) is 11.6 Å². The summed E-state index contributed by atoms with van der Waals surface area (Å²) in [5, 5.41) is 0. The molecule has 1 nitrogen and oxygen atoms in total. The van der Waals surface area contributed by atoms with Crippen LogP contribution in [0.3, 0.4) is 0 Å². The predicted octanol–water partition coefficient (Wildman–Crippen LogP) is 4.18. The molecule has 1 unspecified atom stereocenters. The molecule has 0 aliphatic carbocycles. The molecule has 0 aliphatic heterocycles. The average Bonchev–Trinajstić information content (AvgIpc) is 2.32. The van der Waals surface area contributed by atoms with Crippen molar-refractivity contribution in [2.75, 3.05) is 0 Å². The third-order valence-electron chi connectivity index (χ3n) is 2.78. The van der Waals surface area contributed by atoms with Crippen LogP contribution in [0.15, 0.2) is 52.3 Å². The van der Waals surface area contributed by atoms with Gasteiger partial charge in [0.1, 0.15) is 5.82 Å². The van der Waals surface area contributed by atoms with E-state index in [2.05, 4.69) is 25.1 Å². The van der Waals surface area contributed by atoms with Gasteiger partial charge in [0, 0.05) is 15.8 Å². The fourth-order valence-electron chi connectivity index (χ4n) is 1.96. The number of nitrogens with two attached hydrogens (primary N) is 1. The van der Waals surface area contributed by atoms with E-state index in [4.69, 9.17) is 5.73 Å². The van der Waals surface area contributed by atoms with Gasteiger partial charge in [-0.1, -0.05) is 29.5 Å². The van der Waals surface area contributed by atoms with E-state index in [-0.39, 0.29) is 11.9 Å². The lowest BCUT2D eigenvalue weighted by Gasteiger charge is -2.12. The van der Waals surface area contributed by atoms with E-state index >= 15 is 0 Å². The molecule has 0 aromatic heterocycles. The molecule has 0 spiro atoms. The van der Waals surface area contributed by atoms with Crippen LogP contribution in [0.4, 0.5) is 4.39 Å². The van der Waals surface area contributed by atoms with Crippen LogP contribution < -0.4 is 5.73 Å². The van der Waals surface area contributed by atoms with Crippen LogP contribution in [-0.2, 0) is 6.42 Å². The Morgan fingerprint density at radius 2 is 2.00 bits per heavy atom. The monoisotopic (exact) mass is 275 g/mol. The zero-order valence-electron chi connectivity index (χ0n) is 11.2. The molecule has 3 heteroatoms. The highest BCUT2D eigenvalue weighted by Crippen LogP contribution is 2.31. The minimum Gasteiger partial charge on any atom is -0.328 e. The molecule has 100 valence electrons. The van der Waals surface area contributed by atoms with Gasteiger partial charge < -0.3 is 5.73 Å². The van der Waals surface area contributed by atoms with Gasteiger partial charge in [-0.25, -0.2) is 4.39 Å². The largest absolute Gasteiger partial charge is 0.328 e. The maximum Gasteiger partial charge on any atom is 0.123 e. The van der Waals surface area contributed by atoms with Gasteiger partial charge >= 0.3 is 0 Å². The first kappa shape index (κ1) is 14.1. The molecule has 2 rings (SSSR count). The van der Waals surface area contributed by atoms with Crippen LogP contribution in [0.5, 0.6) is 0 Å². The molecule has 0 fully saturated rings. The maximum atomic E-state index is 13.4. The van der Waals surface area contributed by atoms with Gasteiger partial charge in [0.2, 0.25) is 0 Å². The Morgan fingerprint density at radius 1 is 1.21 bits per heavy atom. The Labute approximate surface area is 118 Å². The van der Waals surface area contributed by atoms with Crippen molar-refractivity contribution in [3.05, 3.63) is 59.4 Å². The van der Waals surface area contributed by atoms with Gasteiger partial charge in [0.05, 0.1) is 0 Å². The quantitative estimate of drug-likeness (QED) is 0.906. The third kappa shape index (κ3) is 4.08. The molecule has 1 atom stereocenters. The summed E-state index contributed by atoms with van der Waals surface area (Å²) in [4.78, 5) is 2.24. The molecular formula is C16H18FNS. The molecule has 0 aliphatic rings. The number of halogens is 1. The summed E-state index contributed by atoms with van der Waals surface area (Å²) < 4.78 is 13.4. The number of benzene rings is 2. The molecule has 19 heavy (non-hydrogen) atoms. The summed E-state index contributed by atoms with van der Waals surface area (Å²) in [6.45, 7) is 4.00.